The Morgan fingerprint density at radius 2 is 1.90 bits per heavy atom. The van der Waals surface area contributed by atoms with Crippen LogP contribution in [0.5, 0.6) is 5.75 Å². The van der Waals surface area contributed by atoms with Gasteiger partial charge in [0.2, 0.25) is 0 Å². The Morgan fingerprint density at radius 1 is 1.06 bits per heavy atom. The van der Waals surface area contributed by atoms with Crippen molar-refractivity contribution in [3.63, 3.8) is 0 Å². The molecule has 31 heavy (non-hydrogen) atoms. The zero-order chi connectivity index (χ0) is 21.3. The van der Waals surface area contributed by atoms with Crippen LogP contribution in [0.25, 0.3) is 17.7 Å². The molecule has 0 amide bonds. The highest BCUT2D eigenvalue weighted by atomic mass is 16.5. The molecule has 1 fully saturated rings. The highest BCUT2D eigenvalue weighted by Gasteiger charge is 2.71. The number of benzene rings is 1. The minimum atomic E-state index is -0.631. The lowest BCUT2D eigenvalue weighted by Gasteiger charge is -2.61. The summed E-state index contributed by atoms with van der Waals surface area (Å²) in [7, 11) is 0. The van der Waals surface area contributed by atoms with Crippen molar-refractivity contribution in [3.8, 4) is 5.75 Å². The summed E-state index contributed by atoms with van der Waals surface area (Å²) in [6.07, 6.45) is 12.5. The fraction of sp³-hybridized carbons (Fsp3) is 0.320. The minimum Gasteiger partial charge on any atom is -0.487 e. The average Bonchev–Trinajstić information content (AvgIpc) is 3.26. The zero-order valence-corrected chi connectivity index (χ0v) is 17.6. The molecule has 6 rings (SSSR count). The first-order valence-electron chi connectivity index (χ1n) is 10.6. The maximum absolute atomic E-state index is 6.53. The molecule has 0 saturated carbocycles. The van der Waals surface area contributed by atoms with Crippen molar-refractivity contribution in [2.24, 2.45) is 16.1 Å². The first-order valence-corrected chi connectivity index (χ1v) is 10.6. The largest absolute Gasteiger partial charge is 0.487 e. The number of hydrogen-bond donors (Lipinski definition) is 2. The number of fused-ring (bicyclic) bond motifs is 4. The van der Waals surface area contributed by atoms with Crippen LogP contribution in [0.2, 0.25) is 0 Å². The number of amidine groups is 1. The fourth-order valence-electron chi connectivity index (χ4n) is 5.33. The molecule has 3 aliphatic heterocycles. The number of rotatable bonds is 1. The first kappa shape index (κ1) is 18.5. The topological polar surface area (TPSA) is 81.9 Å². The van der Waals surface area contributed by atoms with Gasteiger partial charge in [-0.05, 0) is 60.6 Å². The van der Waals surface area contributed by atoms with E-state index in [1.165, 1.54) is 0 Å². The monoisotopic (exact) mass is 415 g/mol. The van der Waals surface area contributed by atoms with Crippen molar-refractivity contribution in [2.45, 2.75) is 25.0 Å². The molecule has 1 atom stereocenters. The van der Waals surface area contributed by atoms with Crippen molar-refractivity contribution in [2.75, 3.05) is 19.8 Å². The smallest absolute Gasteiger partial charge is 0.283 e. The third-order valence-electron chi connectivity index (χ3n) is 7.27. The van der Waals surface area contributed by atoms with Gasteiger partial charge in [0, 0.05) is 17.1 Å². The maximum Gasteiger partial charge on any atom is 0.283 e. The van der Waals surface area contributed by atoms with Crippen molar-refractivity contribution in [1.82, 2.24) is 4.98 Å². The molecular formula is C25H25N3O3. The van der Waals surface area contributed by atoms with Gasteiger partial charge in [0.1, 0.15) is 23.5 Å². The predicted molar refractivity (Wildman–Crippen MR) is 120 cm³/mol. The van der Waals surface area contributed by atoms with Crippen LogP contribution >= 0.6 is 0 Å². The van der Waals surface area contributed by atoms with Gasteiger partial charge in [0.05, 0.1) is 18.6 Å². The van der Waals surface area contributed by atoms with E-state index >= 15 is 0 Å². The van der Waals surface area contributed by atoms with E-state index in [4.69, 9.17) is 24.9 Å². The van der Waals surface area contributed by atoms with E-state index in [1.54, 1.807) is 0 Å². The fourth-order valence-corrected chi connectivity index (χ4v) is 5.33. The molecule has 158 valence electrons. The SMILES string of the molecule is CC1(C)Oc2ccc(C3=C/C=C/C=c4\[nH]ccc4=C3)cc2C2(COC(N)=N2)C12COC2. The average molecular weight is 415 g/mol. The van der Waals surface area contributed by atoms with Gasteiger partial charge in [-0.3, -0.25) is 0 Å². The van der Waals surface area contributed by atoms with E-state index in [9.17, 15) is 0 Å². The summed E-state index contributed by atoms with van der Waals surface area (Å²) in [6, 6.07) is 8.65. The van der Waals surface area contributed by atoms with Crippen LogP contribution in [0, 0.1) is 5.41 Å². The molecule has 1 aromatic carbocycles. The predicted octanol–water partition coefficient (Wildman–Crippen LogP) is 1.96. The molecule has 3 N–H and O–H groups in total. The lowest BCUT2D eigenvalue weighted by molar-refractivity contribution is -0.247. The third-order valence-corrected chi connectivity index (χ3v) is 7.27. The maximum atomic E-state index is 6.53. The number of allylic oxidation sites excluding steroid dienone is 4. The molecule has 1 aromatic heterocycles. The highest BCUT2D eigenvalue weighted by molar-refractivity contribution is 5.90. The quantitative estimate of drug-likeness (QED) is 0.746. The molecule has 4 aliphatic rings. The Balaban J connectivity index is 1.56. The van der Waals surface area contributed by atoms with E-state index in [1.807, 2.05) is 18.3 Å². The zero-order valence-electron chi connectivity index (χ0n) is 17.6. The second kappa shape index (κ2) is 6.14. The number of nitrogens with zero attached hydrogens (tertiary/aromatic N) is 1. The molecule has 2 spiro atoms. The molecule has 1 aliphatic carbocycles. The molecule has 2 aromatic rings. The van der Waals surface area contributed by atoms with Crippen LogP contribution in [0.3, 0.4) is 0 Å². The lowest BCUT2D eigenvalue weighted by atomic mass is 9.55. The summed E-state index contributed by atoms with van der Waals surface area (Å²) in [5.41, 5.74) is 7.83. The van der Waals surface area contributed by atoms with Crippen LogP contribution < -0.4 is 21.0 Å². The molecule has 6 heteroatoms. The molecule has 0 radical (unpaired) electrons. The number of aromatic nitrogens is 1. The summed E-state index contributed by atoms with van der Waals surface area (Å²) in [5, 5.41) is 2.24. The highest BCUT2D eigenvalue weighted by Crippen LogP contribution is 2.62. The number of nitrogens with two attached hydrogens (primary N) is 1. The summed E-state index contributed by atoms with van der Waals surface area (Å²) < 4.78 is 18.0. The number of nitrogens with one attached hydrogen (secondary N) is 1. The van der Waals surface area contributed by atoms with Crippen LogP contribution in [-0.4, -0.2) is 36.4 Å². The normalized spacial score (nSPS) is 28.8. The Kier molecular flexibility index (Phi) is 3.67. The van der Waals surface area contributed by atoms with E-state index in [2.05, 4.69) is 61.3 Å². The van der Waals surface area contributed by atoms with Crippen LogP contribution in [-0.2, 0) is 15.0 Å². The molecule has 4 heterocycles. The Morgan fingerprint density at radius 3 is 2.65 bits per heavy atom. The molecule has 1 saturated heterocycles. The van der Waals surface area contributed by atoms with Crippen LogP contribution in [0.1, 0.15) is 25.0 Å². The minimum absolute atomic E-state index is 0.229. The van der Waals surface area contributed by atoms with Gasteiger partial charge in [0.25, 0.3) is 6.02 Å². The summed E-state index contributed by atoms with van der Waals surface area (Å²) in [6.45, 7) is 5.73. The number of aromatic amines is 1. The van der Waals surface area contributed by atoms with Gasteiger partial charge < -0.3 is 24.9 Å². The van der Waals surface area contributed by atoms with E-state index in [-0.39, 0.29) is 11.4 Å². The summed E-state index contributed by atoms with van der Waals surface area (Å²) >= 11 is 0. The third kappa shape index (κ3) is 2.39. The standard InChI is InChI=1S/C25H25N3O3/c1-23(2)24(13-29-14-24)25(15-30-22(26)28-25)19-12-17(7-8-21(19)31-23)16-5-3-4-6-20-18(11-16)9-10-27-20/h3-12,27H,13-15H2,1-2H3,(H2,26,28)/b4-3+,5-3?,6-4?,16-5?,16-11?,18-11?,20-6-. The summed E-state index contributed by atoms with van der Waals surface area (Å²) in [5.74, 6) is 0.825. The van der Waals surface area contributed by atoms with Gasteiger partial charge >= 0.3 is 0 Å². The van der Waals surface area contributed by atoms with Gasteiger partial charge in [-0.15, -0.1) is 0 Å². The molecule has 6 nitrogen and oxygen atoms in total. The van der Waals surface area contributed by atoms with Crippen LogP contribution in [0.4, 0.5) is 0 Å². The van der Waals surface area contributed by atoms with Crippen molar-refractivity contribution in [1.29, 1.82) is 0 Å². The molecular weight excluding hydrogens is 390 g/mol. The number of H-pyrrole nitrogens is 1. The molecule has 1 unspecified atom stereocenters. The Bertz CT molecular complexity index is 1290. The molecule has 0 bridgehead atoms. The van der Waals surface area contributed by atoms with Crippen molar-refractivity contribution in [3.05, 3.63) is 70.4 Å². The lowest BCUT2D eigenvalue weighted by Crippen LogP contribution is -2.71. The number of aliphatic imine (C=N–C) groups is 1. The number of hydrogen-bond acceptors (Lipinski definition) is 5. The Hall–Kier alpha value is -3.25. The first-order chi connectivity index (χ1) is 14.9. The van der Waals surface area contributed by atoms with Gasteiger partial charge in [-0.2, -0.15) is 0 Å². The second-order valence-electron chi connectivity index (χ2n) is 9.16. The van der Waals surface area contributed by atoms with Crippen LogP contribution in [0.15, 0.2) is 53.7 Å². The summed E-state index contributed by atoms with van der Waals surface area (Å²) in [4.78, 5) is 8.18. The van der Waals surface area contributed by atoms with E-state index in [0.29, 0.717) is 19.8 Å². The van der Waals surface area contributed by atoms with Crippen molar-refractivity contribution < 1.29 is 14.2 Å². The van der Waals surface area contributed by atoms with Gasteiger partial charge in [0.15, 0.2) is 0 Å². The van der Waals surface area contributed by atoms with E-state index in [0.717, 1.165) is 33.0 Å². The van der Waals surface area contributed by atoms with Gasteiger partial charge in [-0.1, -0.05) is 24.3 Å². The Labute approximate surface area is 180 Å². The van der Waals surface area contributed by atoms with E-state index < -0.39 is 11.1 Å². The second-order valence-corrected chi connectivity index (χ2v) is 9.16. The van der Waals surface area contributed by atoms with Crippen molar-refractivity contribution >= 4 is 23.7 Å². The van der Waals surface area contributed by atoms with Gasteiger partial charge in [-0.25, -0.2) is 4.99 Å². The number of ether oxygens (including phenoxy) is 3.